The normalized spacial score (nSPS) is 10.4. The van der Waals surface area contributed by atoms with Crippen molar-refractivity contribution in [3.63, 3.8) is 0 Å². The van der Waals surface area contributed by atoms with E-state index in [1.165, 1.54) is 0 Å². The van der Waals surface area contributed by atoms with Crippen LogP contribution in [0.5, 0.6) is 5.75 Å². The third kappa shape index (κ3) is 4.27. The fraction of sp³-hybridized carbons (Fsp3) is 0.455. The minimum Gasteiger partial charge on any atom is -0.493 e. The van der Waals surface area contributed by atoms with Crippen LogP contribution in [0.3, 0.4) is 0 Å². The molecule has 0 saturated carbocycles. The molecular weight excluding hydrogens is 204 g/mol. The highest BCUT2D eigenvalue weighted by atomic mass is 16.5. The summed E-state index contributed by atoms with van der Waals surface area (Å²) >= 11 is 0. The number of rotatable bonds is 6. The summed E-state index contributed by atoms with van der Waals surface area (Å²) in [5.41, 5.74) is 5.78. The summed E-state index contributed by atoms with van der Waals surface area (Å²) in [5, 5.41) is 7.25. The lowest BCUT2D eigenvalue weighted by Crippen LogP contribution is -2.16. The molecule has 0 spiro atoms. The summed E-state index contributed by atoms with van der Waals surface area (Å²) < 4.78 is 5.53. The molecular formula is C11H18N4O. The largest absolute Gasteiger partial charge is 0.493 e. The van der Waals surface area contributed by atoms with E-state index in [4.69, 9.17) is 15.9 Å². The van der Waals surface area contributed by atoms with Crippen molar-refractivity contribution in [3.05, 3.63) is 24.0 Å². The Labute approximate surface area is 95.7 Å². The van der Waals surface area contributed by atoms with Crippen molar-refractivity contribution >= 4 is 5.84 Å². The first kappa shape index (κ1) is 12.4. The van der Waals surface area contributed by atoms with Gasteiger partial charge in [0.25, 0.3) is 0 Å². The van der Waals surface area contributed by atoms with Gasteiger partial charge in [-0.2, -0.15) is 0 Å². The van der Waals surface area contributed by atoms with Crippen molar-refractivity contribution in [3.8, 4) is 5.75 Å². The summed E-state index contributed by atoms with van der Waals surface area (Å²) in [6, 6.07) is 3.44. The molecule has 5 nitrogen and oxygen atoms in total. The molecule has 0 aromatic carbocycles. The van der Waals surface area contributed by atoms with E-state index in [1.807, 2.05) is 14.1 Å². The summed E-state index contributed by atoms with van der Waals surface area (Å²) in [4.78, 5) is 6.07. The number of nitrogens with zero attached hydrogens (tertiary/aromatic N) is 2. The number of ether oxygens (including phenoxy) is 1. The van der Waals surface area contributed by atoms with E-state index in [0.29, 0.717) is 18.1 Å². The van der Waals surface area contributed by atoms with E-state index < -0.39 is 0 Å². The standard InChI is InChI=1S/C11H18N4O/c1-15(2)6-3-7-16-9-4-5-14-10(8-9)11(12)13/h4-5,8H,3,6-7H2,1-2H3,(H3,12,13). The van der Waals surface area contributed by atoms with Gasteiger partial charge in [0.05, 0.1) is 6.61 Å². The molecule has 0 fully saturated rings. The van der Waals surface area contributed by atoms with Gasteiger partial charge in [-0.25, -0.2) is 0 Å². The third-order valence-corrected chi connectivity index (χ3v) is 2.03. The van der Waals surface area contributed by atoms with Crippen LogP contribution in [-0.4, -0.2) is 43.0 Å². The average Bonchev–Trinajstić information content (AvgIpc) is 2.24. The van der Waals surface area contributed by atoms with Gasteiger partial charge in [0, 0.05) is 18.8 Å². The molecule has 0 saturated heterocycles. The Morgan fingerprint density at radius 1 is 1.56 bits per heavy atom. The second kappa shape index (κ2) is 6.07. The molecule has 16 heavy (non-hydrogen) atoms. The number of nitrogens with one attached hydrogen (secondary N) is 1. The van der Waals surface area contributed by atoms with Gasteiger partial charge < -0.3 is 15.4 Å². The van der Waals surface area contributed by atoms with Crippen LogP contribution in [0, 0.1) is 5.41 Å². The van der Waals surface area contributed by atoms with Crippen LogP contribution in [0.4, 0.5) is 0 Å². The van der Waals surface area contributed by atoms with Crippen LogP contribution in [0.2, 0.25) is 0 Å². The Morgan fingerprint density at radius 2 is 2.31 bits per heavy atom. The minimum absolute atomic E-state index is 0.0428. The van der Waals surface area contributed by atoms with Crippen molar-refractivity contribution in [1.29, 1.82) is 5.41 Å². The molecule has 0 atom stereocenters. The topological polar surface area (TPSA) is 75.2 Å². The number of hydrogen-bond acceptors (Lipinski definition) is 4. The van der Waals surface area contributed by atoms with E-state index in [0.717, 1.165) is 13.0 Å². The number of aromatic nitrogens is 1. The maximum atomic E-state index is 7.25. The van der Waals surface area contributed by atoms with E-state index in [2.05, 4.69) is 9.88 Å². The zero-order valence-corrected chi connectivity index (χ0v) is 9.73. The first-order chi connectivity index (χ1) is 7.59. The molecule has 5 heteroatoms. The van der Waals surface area contributed by atoms with Crippen molar-refractivity contribution in [2.24, 2.45) is 5.73 Å². The van der Waals surface area contributed by atoms with Crippen LogP contribution < -0.4 is 10.5 Å². The number of hydrogen-bond donors (Lipinski definition) is 2. The molecule has 0 aliphatic heterocycles. The Kier molecular flexibility index (Phi) is 4.72. The Morgan fingerprint density at radius 3 is 2.94 bits per heavy atom. The Balaban J connectivity index is 2.42. The lowest BCUT2D eigenvalue weighted by Gasteiger charge is -2.10. The number of amidine groups is 1. The predicted molar refractivity (Wildman–Crippen MR) is 63.9 cm³/mol. The summed E-state index contributed by atoms with van der Waals surface area (Å²) in [7, 11) is 4.06. The Bertz CT molecular complexity index is 352. The maximum absolute atomic E-state index is 7.25. The molecule has 3 N–H and O–H groups in total. The van der Waals surface area contributed by atoms with Crippen LogP contribution in [0.15, 0.2) is 18.3 Å². The summed E-state index contributed by atoms with van der Waals surface area (Å²) in [5.74, 6) is 0.665. The zero-order valence-electron chi connectivity index (χ0n) is 9.73. The van der Waals surface area contributed by atoms with Gasteiger partial charge >= 0.3 is 0 Å². The van der Waals surface area contributed by atoms with Crippen molar-refractivity contribution in [1.82, 2.24) is 9.88 Å². The second-order valence-electron chi connectivity index (χ2n) is 3.80. The smallest absolute Gasteiger partial charge is 0.141 e. The highest BCUT2D eigenvalue weighted by Crippen LogP contribution is 2.10. The fourth-order valence-corrected chi connectivity index (χ4v) is 1.22. The van der Waals surface area contributed by atoms with Gasteiger partial charge in [-0.1, -0.05) is 0 Å². The molecule has 0 bridgehead atoms. The van der Waals surface area contributed by atoms with E-state index >= 15 is 0 Å². The minimum atomic E-state index is -0.0428. The van der Waals surface area contributed by atoms with Crippen LogP contribution >= 0.6 is 0 Å². The first-order valence-electron chi connectivity index (χ1n) is 5.17. The summed E-state index contributed by atoms with van der Waals surface area (Å²) in [6.45, 7) is 1.64. The van der Waals surface area contributed by atoms with Crippen molar-refractivity contribution in [2.45, 2.75) is 6.42 Å². The van der Waals surface area contributed by atoms with E-state index in [1.54, 1.807) is 18.3 Å². The lowest BCUT2D eigenvalue weighted by atomic mass is 10.3. The number of nitrogen functional groups attached to an aromatic ring is 1. The SMILES string of the molecule is CN(C)CCCOc1ccnc(C(=N)N)c1. The maximum Gasteiger partial charge on any atom is 0.141 e. The van der Waals surface area contributed by atoms with Crippen molar-refractivity contribution in [2.75, 3.05) is 27.2 Å². The molecule has 0 amide bonds. The van der Waals surface area contributed by atoms with Gasteiger partial charge in [-0.15, -0.1) is 0 Å². The number of pyridine rings is 1. The fourth-order valence-electron chi connectivity index (χ4n) is 1.22. The highest BCUT2D eigenvalue weighted by molar-refractivity contribution is 5.93. The lowest BCUT2D eigenvalue weighted by molar-refractivity contribution is 0.281. The molecule has 0 aliphatic rings. The van der Waals surface area contributed by atoms with Crippen LogP contribution in [0.25, 0.3) is 0 Å². The quantitative estimate of drug-likeness (QED) is 0.422. The molecule has 1 aromatic heterocycles. The molecule has 0 aliphatic carbocycles. The predicted octanol–water partition coefficient (Wildman–Crippen LogP) is 0.696. The molecule has 1 heterocycles. The van der Waals surface area contributed by atoms with Gasteiger partial charge in [0.1, 0.15) is 17.3 Å². The summed E-state index contributed by atoms with van der Waals surface area (Å²) in [6.07, 6.45) is 2.56. The van der Waals surface area contributed by atoms with Crippen LogP contribution in [-0.2, 0) is 0 Å². The van der Waals surface area contributed by atoms with Gasteiger partial charge in [0.2, 0.25) is 0 Å². The van der Waals surface area contributed by atoms with Gasteiger partial charge in [-0.05, 0) is 26.6 Å². The molecule has 0 unspecified atom stereocenters. The van der Waals surface area contributed by atoms with Crippen molar-refractivity contribution < 1.29 is 4.74 Å². The van der Waals surface area contributed by atoms with E-state index in [-0.39, 0.29) is 5.84 Å². The van der Waals surface area contributed by atoms with Gasteiger partial charge in [-0.3, -0.25) is 10.4 Å². The van der Waals surface area contributed by atoms with Gasteiger partial charge in [0.15, 0.2) is 0 Å². The third-order valence-electron chi connectivity index (χ3n) is 2.03. The highest BCUT2D eigenvalue weighted by Gasteiger charge is 2.00. The molecule has 0 radical (unpaired) electrons. The Hall–Kier alpha value is -1.62. The number of nitrogens with two attached hydrogens (primary N) is 1. The molecule has 88 valence electrons. The molecule has 1 aromatic rings. The monoisotopic (exact) mass is 222 g/mol. The zero-order chi connectivity index (χ0) is 12.0. The second-order valence-corrected chi connectivity index (χ2v) is 3.80. The average molecular weight is 222 g/mol. The van der Waals surface area contributed by atoms with Crippen LogP contribution in [0.1, 0.15) is 12.1 Å². The first-order valence-corrected chi connectivity index (χ1v) is 5.17. The van der Waals surface area contributed by atoms with E-state index in [9.17, 15) is 0 Å². The molecule has 1 rings (SSSR count).